The molecule has 0 heterocycles. The minimum atomic E-state index is -2.52. The van der Waals surface area contributed by atoms with Gasteiger partial charge in [-0.05, 0) is 18.6 Å². The van der Waals surface area contributed by atoms with E-state index in [-0.39, 0.29) is 5.91 Å². The van der Waals surface area contributed by atoms with Gasteiger partial charge in [0.25, 0.3) is 5.76 Å². The van der Waals surface area contributed by atoms with Gasteiger partial charge in [0, 0.05) is 4.90 Å². The normalized spacial score (nSPS) is 12.5. The average molecular weight is 260 g/mol. The molecule has 3 nitrogen and oxygen atoms in total. The number of nitrogens with one attached hydrogen (secondary N) is 1. The standard InChI is InChI=1S/C11H14F2N2OS/c1-2-7(14)10(16)15-8-5-3-4-6-9(8)17-11(12)13/h3-7,11H,2,14H2,1H3,(H,15,16). The number of benzene rings is 1. The van der Waals surface area contributed by atoms with Crippen LogP contribution in [0.2, 0.25) is 0 Å². The summed E-state index contributed by atoms with van der Waals surface area (Å²) in [5, 5.41) is 2.55. The molecular weight excluding hydrogens is 246 g/mol. The number of para-hydroxylation sites is 1. The summed E-state index contributed by atoms with van der Waals surface area (Å²) in [4.78, 5) is 11.9. The number of carbonyl (C=O) groups is 1. The Morgan fingerprint density at radius 1 is 1.47 bits per heavy atom. The van der Waals surface area contributed by atoms with E-state index in [0.717, 1.165) is 0 Å². The van der Waals surface area contributed by atoms with Crippen LogP contribution in [0.4, 0.5) is 14.5 Å². The molecule has 3 N–H and O–H groups in total. The molecule has 1 rings (SSSR count). The van der Waals surface area contributed by atoms with Gasteiger partial charge in [-0.3, -0.25) is 4.79 Å². The highest BCUT2D eigenvalue weighted by Gasteiger charge is 2.14. The molecular formula is C11H14F2N2OS. The Bertz CT molecular complexity index is 387. The number of rotatable bonds is 5. The Morgan fingerprint density at radius 3 is 2.71 bits per heavy atom. The van der Waals surface area contributed by atoms with Gasteiger partial charge in [-0.15, -0.1) is 0 Å². The first-order valence-electron chi connectivity index (χ1n) is 5.15. The third-order valence-corrected chi connectivity index (χ3v) is 2.93. The van der Waals surface area contributed by atoms with E-state index in [2.05, 4.69) is 5.32 Å². The van der Waals surface area contributed by atoms with E-state index in [1.165, 1.54) is 6.07 Å². The van der Waals surface area contributed by atoms with Crippen LogP contribution >= 0.6 is 11.8 Å². The van der Waals surface area contributed by atoms with Gasteiger partial charge in [-0.2, -0.15) is 8.78 Å². The highest BCUT2D eigenvalue weighted by atomic mass is 32.2. The SMILES string of the molecule is CCC(N)C(=O)Nc1ccccc1SC(F)F. The lowest BCUT2D eigenvalue weighted by Crippen LogP contribution is -2.34. The fourth-order valence-electron chi connectivity index (χ4n) is 1.18. The highest BCUT2D eigenvalue weighted by molar-refractivity contribution is 7.99. The molecule has 94 valence electrons. The molecule has 0 aromatic heterocycles. The van der Waals surface area contributed by atoms with Crippen LogP contribution in [-0.2, 0) is 4.79 Å². The molecule has 0 saturated heterocycles. The number of hydrogen-bond acceptors (Lipinski definition) is 3. The lowest BCUT2D eigenvalue weighted by molar-refractivity contribution is -0.117. The van der Waals surface area contributed by atoms with Crippen LogP contribution in [0, 0.1) is 0 Å². The lowest BCUT2D eigenvalue weighted by Gasteiger charge is -2.13. The molecule has 1 atom stereocenters. The lowest BCUT2D eigenvalue weighted by atomic mass is 10.2. The summed E-state index contributed by atoms with van der Waals surface area (Å²) in [6, 6.07) is 5.79. The maximum absolute atomic E-state index is 12.3. The fourth-order valence-corrected chi connectivity index (χ4v) is 1.77. The summed E-state index contributed by atoms with van der Waals surface area (Å²) < 4.78 is 24.6. The molecule has 0 saturated carbocycles. The summed E-state index contributed by atoms with van der Waals surface area (Å²) in [6.45, 7) is 1.78. The van der Waals surface area contributed by atoms with Crippen molar-refractivity contribution >= 4 is 23.4 Å². The van der Waals surface area contributed by atoms with Gasteiger partial charge < -0.3 is 11.1 Å². The Morgan fingerprint density at radius 2 is 2.12 bits per heavy atom. The fraction of sp³-hybridized carbons (Fsp3) is 0.364. The van der Waals surface area contributed by atoms with Crippen LogP contribution in [0.3, 0.4) is 0 Å². The van der Waals surface area contributed by atoms with E-state index >= 15 is 0 Å². The molecule has 0 radical (unpaired) electrons. The summed E-state index contributed by atoms with van der Waals surface area (Å²) in [6.07, 6.45) is 0.496. The molecule has 1 amide bonds. The summed E-state index contributed by atoms with van der Waals surface area (Å²) in [7, 11) is 0. The maximum atomic E-state index is 12.3. The number of carbonyl (C=O) groups excluding carboxylic acids is 1. The molecule has 0 aliphatic heterocycles. The van der Waals surface area contributed by atoms with Gasteiger partial charge in [-0.25, -0.2) is 0 Å². The molecule has 0 bridgehead atoms. The second-order valence-corrected chi connectivity index (χ2v) is 4.41. The van der Waals surface area contributed by atoms with Crippen molar-refractivity contribution in [1.82, 2.24) is 0 Å². The zero-order valence-electron chi connectivity index (χ0n) is 9.32. The number of hydrogen-bond donors (Lipinski definition) is 2. The van der Waals surface area contributed by atoms with Crippen molar-refractivity contribution in [1.29, 1.82) is 0 Å². The van der Waals surface area contributed by atoms with E-state index in [0.29, 0.717) is 28.8 Å². The Labute approximate surface area is 103 Å². The Hall–Kier alpha value is -1.14. The van der Waals surface area contributed by atoms with Crippen molar-refractivity contribution in [3.8, 4) is 0 Å². The van der Waals surface area contributed by atoms with Crippen molar-refractivity contribution in [3.63, 3.8) is 0 Å². The second kappa shape index (κ2) is 6.56. The van der Waals surface area contributed by atoms with E-state index in [9.17, 15) is 13.6 Å². The zero-order chi connectivity index (χ0) is 12.8. The molecule has 17 heavy (non-hydrogen) atoms. The van der Waals surface area contributed by atoms with Crippen LogP contribution in [0.15, 0.2) is 29.2 Å². The van der Waals surface area contributed by atoms with Crippen molar-refractivity contribution in [2.24, 2.45) is 5.73 Å². The highest BCUT2D eigenvalue weighted by Crippen LogP contribution is 2.31. The summed E-state index contributed by atoms with van der Waals surface area (Å²) >= 11 is 0.397. The molecule has 6 heteroatoms. The predicted octanol–water partition coefficient (Wildman–Crippen LogP) is 2.68. The molecule has 1 aromatic rings. The molecule has 0 aliphatic rings. The van der Waals surface area contributed by atoms with Crippen LogP contribution in [0.25, 0.3) is 0 Å². The third-order valence-electron chi connectivity index (χ3n) is 2.14. The maximum Gasteiger partial charge on any atom is 0.288 e. The molecule has 0 fully saturated rings. The van der Waals surface area contributed by atoms with Crippen molar-refractivity contribution in [2.75, 3.05) is 5.32 Å². The minimum Gasteiger partial charge on any atom is -0.324 e. The Balaban J connectivity index is 2.79. The van der Waals surface area contributed by atoms with Gasteiger partial charge in [0.1, 0.15) is 0 Å². The minimum absolute atomic E-state index is 0.333. The van der Waals surface area contributed by atoms with Crippen LogP contribution in [0.5, 0.6) is 0 Å². The first kappa shape index (κ1) is 13.9. The molecule has 1 unspecified atom stereocenters. The second-order valence-electron chi connectivity index (χ2n) is 3.38. The van der Waals surface area contributed by atoms with E-state index in [4.69, 9.17) is 5.73 Å². The van der Waals surface area contributed by atoms with Crippen molar-refractivity contribution in [2.45, 2.75) is 30.0 Å². The summed E-state index contributed by atoms with van der Waals surface area (Å²) in [5.41, 5.74) is 5.92. The van der Waals surface area contributed by atoms with Crippen LogP contribution < -0.4 is 11.1 Å². The van der Waals surface area contributed by atoms with Gasteiger partial charge in [0.05, 0.1) is 11.7 Å². The van der Waals surface area contributed by atoms with E-state index in [1.807, 2.05) is 0 Å². The number of nitrogens with two attached hydrogens (primary N) is 1. The first-order valence-corrected chi connectivity index (χ1v) is 6.02. The van der Waals surface area contributed by atoms with Crippen molar-refractivity contribution in [3.05, 3.63) is 24.3 Å². The van der Waals surface area contributed by atoms with E-state index < -0.39 is 11.8 Å². The third kappa shape index (κ3) is 4.32. The van der Waals surface area contributed by atoms with E-state index in [1.54, 1.807) is 25.1 Å². The van der Waals surface area contributed by atoms with Crippen molar-refractivity contribution < 1.29 is 13.6 Å². The quantitative estimate of drug-likeness (QED) is 0.800. The summed E-state index contributed by atoms with van der Waals surface area (Å²) in [5.74, 6) is -2.89. The Kier molecular flexibility index (Phi) is 5.37. The smallest absolute Gasteiger partial charge is 0.288 e. The number of halogens is 2. The zero-order valence-corrected chi connectivity index (χ0v) is 10.1. The number of anilines is 1. The number of alkyl halides is 2. The average Bonchev–Trinajstić information content (AvgIpc) is 2.29. The number of amides is 1. The molecule has 0 aliphatic carbocycles. The van der Waals surface area contributed by atoms with Gasteiger partial charge in [-0.1, -0.05) is 30.8 Å². The monoisotopic (exact) mass is 260 g/mol. The van der Waals surface area contributed by atoms with Crippen LogP contribution in [0.1, 0.15) is 13.3 Å². The first-order chi connectivity index (χ1) is 8.04. The molecule has 1 aromatic carbocycles. The van der Waals surface area contributed by atoms with Crippen LogP contribution in [-0.4, -0.2) is 17.7 Å². The van der Waals surface area contributed by atoms with Gasteiger partial charge >= 0.3 is 0 Å². The molecule has 0 spiro atoms. The topological polar surface area (TPSA) is 55.1 Å². The predicted molar refractivity (Wildman–Crippen MR) is 65.2 cm³/mol. The number of thioether (sulfide) groups is 1. The van der Waals surface area contributed by atoms with Gasteiger partial charge in [0.2, 0.25) is 5.91 Å². The van der Waals surface area contributed by atoms with Gasteiger partial charge in [0.15, 0.2) is 0 Å². The largest absolute Gasteiger partial charge is 0.324 e.